The lowest BCUT2D eigenvalue weighted by Crippen LogP contribution is -2.49. The number of urea groups is 1. The molecule has 2 bridgehead atoms. The second-order valence-electron chi connectivity index (χ2n) is 11.5. The summed E-state index contributed by atoms with van der Waals surface area (Å²) in [7, 11) is 0. The third-order valence-corrected chi connectivity index (χ3v) is 8.87. The molecule has 5 rings (SSSR count). The Morgan fingerprint density at radius 1 is 1.09 bits per heavy atom. The van der Waals surface area contributed by atoms with E-state index in [0.717, 1.165) is 24.2 Å². The Hall–Kier alpha value is -1.81. The van der Waals surface area contributed by atoms with Crippen molar-refractivity contribution in [3.8, 4) is 0 Å². The molecule has 1 saturated carbocycles. The molecule has 174 valence electrons. The summed E-state index contributed by atoms with van der Waals surface area (Å²) in [6.45, 7) is 12.1. The van der Waals surface area contributed by atoms with E-state index < -0.39 is 0 Å². The molecule has 4 heteroatoms. The van der Waals surface area contributed by atoms with Gasteiger partial charge in [0, 0.05) is 24.0 Å². The van der Waals surface area contributed by atoms with Gasteiger partial charge in [0.05, 0.1) is 6.04 Å². The normalized spacial score (nSPS) is 30.4. The third kappa shape index (κ3) is 3.89. The molecule has 1 aromatic carbocycles. The number of carbonyl (C=O) groups excluding carboxylic acids is 1. The molecule has 1 heterocycles. The highest BCUT2D eigenvalue weighted by molar-refractivity contribution is 5.75. The average molecular weight is 436 g/mol. The van der Waals surface area contributed by atoms with E-state index in [1.807, 2.05) is 4.90 Å². The summed E-state index contributed by atoms with van der Waals surface area (Å²) in [6, 6.07) is 9.51. The van der Waals surface area contributed by atoms with Gasteiger partial charge in [-0.2, -0.15) is 0 Å². The van der Waals surface area contributed by atoms with Gasteiger partial charge in [-0.1, -0.05) is 36.4 Å². The number of carbonyl (C=O) groups is 1. The summed E-state index contributed by atoms with van der Waals surface area (Å²) in [5.41, 5.74) is 3.06. The van der Waals surface area contributed by atoms with Crippen LogP contribution in [0, 0.1) is 17.8 Å². The van der Waals surface area contributed by atoms with Crippen molar-refractivity contribution in [3.05, 3.63) is 47.5 Å². The van der Waals surface area contributed by atoms with E-state index in [1.165, 1.54) is 56.4 Å². The molecule has 32 heavy (non-hydrogen) atoms. The number of nitrogens with zero attached hydrogens (tertiary/aromatic N) is 2. The Labute approximate surface area is 194 Å². The molecular formula is C28H41N3O. The highest BCUT2D eigenvalue weighted by Crippen LogP contribution is 2.51. The summed E-state index contributed by atoms with van der Waals surface area (Å²) in [6.07, 6.45) is 11.2. The Morgan fingerprint density at radius 3 is 2.44 bits per heavy atom. The van der Waals surface area contributed by atoms with E-state index in [-0.39, 0.29) is 29.6 Å². The SMILES string of the molecule is CC(C)N(C(=O)N[C@H]1CC2(CCN(CC3CC4C=CC3C4)CC2)c2ccccc21)C(C)C. The van der Waals surface area contributed by atoms with Crippen molar-refractivity contribution in [1.29, 1.82) is 0 Å². The van der Waals surface area contributed by atoms with Crippen LogP contribution >= 0.6 is 0 Å². The zero-order chi connectivity index (χ0) is 22.5. The molecule has 2 amide bonds. The number of nitrogens with one attached hydrogen (secondary N) is 1. The number of hydrogen-bond donors (Lipinski definition) is 1. The predicted octanol–water partition coefficient (Wildman–Crippen LogP) is 5.51. The number of allylic oxidation sites excluding steroid dienone is 2. The number of benzene rings is 1. The maximum absolute atomic E-state index is 13.2. The first-order valence-corrected chi connectivity index (χ1v) is 13.0. The van der Waals surface area contributed by atoms with Crippen LogP contribution in [0.5, 0.6) is 0 Å². The van der Waals surface area contributed by atoms with Gasteiger partial charge in [-0.05, 0) is 102 Å². The topological polar surface area (TPSA) is 35.6 Å². The summed E-state index contributed by atoms with van der Waals surface area (Å²) < 4.78 is 0. The van der Waals surface area contributed by atoms with E-state index in [0.29, 0.717) is 0 Å². The second-order valence-corrected chi connectivity index (χ2v) is 11.5. The minimum atomic E-state index is 0.0774. The van der Waals surface area contributed by atoms with Crippen LogP contribution in [0.2, 0.25) is 0 Å². The standard InChI is InChI=1S/C28H41N3O/c1-19(2)31(20(3)4)27(32)29-26-17-28(25-8-6-5-7-24(25)26)11-13-30(14-12-28)18-23-16-21-9-10-22(23)15-21/h5-10,19-23,26H,11-18H2,1-4H3,(H,29,32)/t21?,22?,23?,26-/m0/s1. The highest BCUT2D eigenvalue weighted by Gasteiger charge is 2.46. The lowest BCUT2D eigenvalue weighted by molar-refractivity contribution is 0.126. The Kier molecular flexibility index (Phi) is 5.86. The molecule has 4 aliphatic rings. The van der Waals surface area contributed by atoms with Crippen molar-refractivity contribution >= 4 is 6.03 Å². The zero-order valence-corrected chi connectivity index (χ0v) is 20.4. The first-order chi connectivity index (χ1) is 15.4. The van der Waals surface area contributed by atoms with Crippen LogP contribution in [0.15, 0.2) is 36.4 Å². The van der Waals surface area contributed by atoms with Gasteiger partial charge in [0.15, 0.2) is 0 Å². The molecule has 4 nitrogen and oxygen atoms in total. The fourth-order valence-electron chi connectivity index (χ4n) is 7.39. The highest BCUT2D eigenvalue weighted by atomic mass is 16.2. The number of rotatable bonds is 5. The van der Waals surface area contributed by atoms with E-state index >= 15 is 0 Å². The fraction of sp³-hybridized carbons (Fsp3) is 0.679. The minimum absolute atomic E-state index is 0.0774. The molecule has 2 fully saturated rings. The Balaban J connectivity index is 1.26. The van der Waals surface area contributed by atoms with Crippen molar-refractivity contribution in [2.24, 2.45) is 17.8 Å². The fourth-order valence-corrected chi connectivity index (χ4v) is 7.39. The maximum Gasteiger partial charge on any atom is 0.318 e. The van der Waals surface area contributed by atoms with E-state index in [4.69, 9.17) is 0 Å². The lowest BCUT2D eigenvalue weighted by atomic mass is 9.73. The number of fused-ring (bicyclic) bond motifs is 4. The van der Waals surface area contributed by atoms with Gasteiger partial charge in [0.2, 0.25) is 0 Å². The lowest BCUT2D eigenvalue weighted by Gasteiger charge is -2.41. The van der Waals surface area contributed by atoms with Gasteiger partial charge in [0.1, 0.15) is 0 Å². The molecule has 3 aliphatic carbocycles. The largest absolute Gasteiger partial charge is 0.331 e. The minimum Gasteiger partial charge on any atom is -0.331 e. The molecule has 1 spiro atoms. The van der Waals surface area contributed by atoms with E-state index in [2.05, 4.69) is 74.3 Å². The average Bonchev–Trinajstić information content (AvgIpc) is 3.44. The molecule has 1 N–H and O–H groups in total. The van der Waals surface area contributed by atoms with Crippen molar-refractivity contribution in [2.75, 3.05) is 19.6 Å². The Morgan fingerprint density at radius 2 is 1.81 bits per heavy atom. The zero-order valence-electron chi connectivity index (χ0n) is 20.4. The van der Waals surface area contributed by atoms with Gasteiger partial charge in [-0.15, -0.1) is 0 Å². The predicted molar refractivity (Wildman–Crippen MR) is 131 cm³/mol. The number of amides is 2. The smallest absolute Gasteiger partial charge is 0.318 e. The van der Waals surface area contributed by atoms with Gasteiger partial charge in [-0.3, -0.25) is 0 Å². The van der Waals surface area contributed by atoms with E-state index in [9.17, 15) is 4.79 Å². The summed E-state index contributed by atoms with van der Waals surface area (Å²) in [5, 5.41) is 3.42. The molecule has 1 saturated heterocycles. The maximum atomic E-state index is 13.2. The van der Waals surface area contributed by atoms with Crippen LogP contribution in [-0.4, -0.2) is 47.5 Å². The van der Waals surface area contributed by atoms with Crippen molar-refractivity contribution in [2.45, 2.75) is 83.3 Å². The third-order valence-electron chi connectivity index (χ3n) is 8.87. The van der Waals surface area contributed by atoms with Gasteiger partial charge >= 0.3 is 6.03 Å². The molecule has 1 aliphatic heterocycles. The number of piperidine rings is 1. The van der Waals surface area contributed by atoms with Gasteiger partial charge in [0.25, 0.3) is 0 Å². The molecule has 1 aromatic rings. The van der Waals surface area contributed by atoms with Crippen molar-refractivity contribution in [3.63, 3.8) is 0 Å². The van der Waals surface area contributed by atoms with Crippen LogP contribution in [0.4, 0.5) is 4.79 Å². The molecule has 0 radical (unpaired) electrons. The molecule has 0 aromatic heterocycles. The van der Waals surface area contributed by atoms with Crippen molar-refractivity contribution < 1.29 is 4.79 Å². The molecule has 4 atom stereocenters. The molecular weight excluding hydrogens is 394 g/mol. The first-order valence-electron chi connectivity index (χ1n) is 13.0. The van der Waals surface area contributed by atoms with Crippen LogP contribution in [0.3, 0.4) is 0 Å². The van der Waals surface area contributed by atoms with Crippen molar-refractivity contribution in [1.82, 2.24) is 15.1 Å². The number of likely N-dealkylation sites (tertiary alicyclic amines) is 1. The summed E-state index contributed by atoms with van der Waals surface area (Å²) in [5.74, 6) is 2.58. The van der Waals surface area contributed by atoms with Crippen LogP contribution in [-0.2, 0) is 5.41 Å². The van der Waals surface area contributed by atoms with Crippen LogP contribution < -0.4 is 5.32 Å². The summed E-state index contributed by atoms with van der Waals surface area (Å²) in [4.78, 5) is 17.9. The van der Waals surface area contributed by atoms with Crippen LogP contribution in [0.25, 0.3) is 0 Å². The summed E-state index contributed by atoms with van der Waals surface area (Å²) >= 11 is 0. The van der Waals surface area contributed by atoms with Gasteiger partial charge < -0.3 is 15.1 Å². The quantitative estimate of drug-likeness (QED) is 0.620. The van der Waals surface area contributed by atoms with Crippen LogP contribution in [0.1, 0.15) is 77.0 Å². The van der Waals surface area contributed by atoms with Gasteiger partial charge in [-0.25, -0.2) is 4.79 Å². The monoisotopic (exact) mass is 435 g/mol. The van der Waals surface area contributed by atoms with E-state index in [1.54, 1.807) is 0 Å². The number of hydrogen-bond acceptors (Lipinski definition) is 2. The first kappa shape index (κ1) is 22.0. The Bertz CT molecular complexity index is 859. The molecule has 3 unspecified atom stereocenters. The second kappa shape index (κ2) is 8.52.